The van der Waals surface area contributed by atoms with Crippen molar-refractivity contribution in [3.8, 4) is 5.75 Å². The number of anilines is 1. The van der Waals surface area contributed by atoms with Crippen molar-refractivity contribution in [1.29, 1.82) is 0 Å². The van der Waals surface area contributed by atoms with Gasteiger partial charge >= 0.3 is 5.97 Å². The molecule has 0 aliphatic rings. The van der Waals surface area contributed by atoms with Crippen LogP contribution in [0.25, 0.3) is 0 Å². The second kappa shape index (κ2) is 7.41. The lowest BCUT2D eigenvalue weighted by molar-refractivity contribution is -0.116. The molecule has 1 aromatic carbocycles. The van der Waals surface area contributed by atoms with Crippen molar-refractivity contribution < 1.29 is 19.8 Å². The van der Waals surface area contributed by atoms with Crippen molar-refractivity contribution in [1.82, 2.24) is 0 Å². The molecular formula is C14H19NO4. The number of rotatable bonds is 7. The summed E-state index contributed by atoms with van der Waals surface area (Å²) in [5, 5.41) is 21.1. The molecule has 0 fully saturated rings. The summed E-state index contributed by atoms with van der Waals surface area (Å²) in [4.78, 5) is 22.5. The van der Waals surface area contributed by atoms with Crippen molar-refractivity contribution in [3.05, 3.63) is 23.8 Å². The van der Waals surface area contributed by atoms with E-state index in [9.17, 15) is 14.7 Å². The molecule has 0 bridgehead atoms. The lowest BCUT2D eigenvalue weighted by Gasteiger charge is -2.08. The number of hydrogen-bond donors (Lipinski definition) is 3. The van der Waals surface area contributed by atoms with Crippen LogP contribution in [-0.2, 0) is 4.79 Å². The van der Waals surface area contributed by atoms with Crippen molar-refractivity contribution in [2.75, 3.05) is 5.32 Å². The summed E-state index contributed by atoms with van der Waals surface area (Å²) >= 11 is 0. The third-order valence-corrected chi connectivity index (χ3v) is 2.80. The highest BCUT2D eigenvalue weighted by Gasteiger charge is 2.14. The highest BCUT2D eigenvalue weighted by Crippen LogP contribution is 2.27. The second-order valence-electron chi connectivity index (χ2n) is 4.37. The second-order valence-corrected chi connectivity index (χ2v) is 4.37. The Balaban J connectivity index is 2.59. The maximum atomic E-state index is 11.6. The van der Waals surface area contributed by atoms with Gasteiger partial charge in [0.2, 0.25) is 5.91 Å². The van der Waals surface area contributed by atoms with E-state index >= 15 is 0 Å². The van der Waals surface area contributed by atoms with Crippen LogP contribution >= 0.6 is 0 Å². The van der Waals surface area contributed by atoms with Crippen LogP contribution < -0.4 is 5.32 Å². The quantitative estimate of drug-likeness (QED) is 0.522. The number of para-hydroxylation sites is 1. The first-order valence-electron chi connectivity index (χ1n) is 6.41. The van der Waals surface area contributed by atoms with Crippen LogP contribution in [0.4, 0.5) is 5.69 Å². The highest BCUT2D eigenvalue weighted by atomic mass is 16.4. The van der Waals surface area contributed by atoms with Gasteiger partial charge in [-0.05, 0) is 18.6 Å². The summed E-state index contributed by atoms with van der Waals surface area (Å²) < 4.78 is 0. The Hall–Kier alpha value is -2.04. The van der Waals surface area contributed by atoms with E-state index in [4.69, 9.17) is 5.11 Å². The average molecular weight is 265 g/mol. The molecule has 0 radical (unpaired) electrons. The molecule has 19 heavy (non-hydrogen) atoms. The first-order valence-corrected chi connectivity index (χ1v) is 6.41. The molecule has 5 heteroatoms. The Morgan fingerprint density at radius 1 is 1.21 bits per heavy atom. The smallest absolute Gasteiger partial charge is 0.339 e. The minimum absolute atomic E-state index is 0.139. The summed E-state index contributed by atoms with van der Waals surface area (Å²) in [7, 11) is 0. The Labute approximate surface area is 112 Å². The fraction of sp³-hybridized carbons (Fsp3) is 0.429. The minimum Gasteiger partial charge on any atom is -0.505 e. The fourth-order valence-electron chi connectivity index (χ4n) is 1.74. The van der Waals surface area contributed by atoms with E-state index in [1.807, 2.05) is 0 Å². The Kier molecular flexibility index (Phi) is 5.85. The van der Waals surface area contributed by atoms with E-state index < -0.39 is 11.7 Å². The minimum atomic E-state index is -1.23. The van der Waals surface area contributed by atoms with E-state index in [2.05, 4.69) is 12.2 Å². The molecule has 1 rings (SSSR count). The number of carbonyl (C=O) groups is 2. The van der Waals surface area contributed by atoms with E-state index in [1.54, 1.807) is 0 Å². The molecule has 0 spiro atoms. The van der Waals surface area contributed by atoms with E-state index in [-0.39, 0.29) is 17.2 Å². The Morgan fingerprint density at radius 2 is 1.95 bits per heavy atom. The number of nitrogens with one attached hydrogen (secondary N) is 1. The van der Waals surface area contributed by atoms with E-state index in [0.717, 1.165) is 25.7 Å². The summed E-state index contributed by atoms with van der Waals surface area (Å²) in [5.74, 6) is -1.85. The number of carboxylic acid groups (broad SMARTS) is 1. The van der Waals surface area contributed by atoms with Crippen LogP contribution in [0.1, 0.15) is 49.4 Å². The Bertz CT molecular complexity index is 457. The van der Waals surface area contributed by atoms with Gasteiger partial charge in [-0.25, -0.2) is 4.79 Å². The average Bonchev–Trinajstić information content (AvgIpc) is 2.37. The molecule has 0 unspecified atom stereocenters. The number of aromatic carboxylic acids is 1. The van der Waals surface area contributed by atoms with Gasteiger partial charge < -0.3 is 15.5 Å². The zero-order chi connectivity index (χ0) is 14.3. The van der Waals surface area contributed by atoms with Gasteiger partial charge in [0.25, 0.3) is 0 Å². The van der Waals surface area contributed by atoms with Gasteiger partial charge in [-0.1, -0.05) is 32.3 Å². The SMILES string of the molecule is CCCCCCC(=O)Nc1cccc(C(=O)O)c1O. The Morgan fingerprint density at radius 3 is 2.58 bits per heavy atom. The standard InChI is InChI=1S/C14H19NO4/c1-2-3-4-5-9-12(16)15-11-8-6-7-10(13(11)17)14(18)19/h6-8,17H,2-5,9H2,1H3,(H,15,16)(H,18,19). The normalized spacial score (nSPS) is 10.2. The van der Waals surface area contributed by atoms with Gasteiger partial charge in [0.1, 0.15) is 5.56 Å². The van der Waals surface area contributed by atoms with E-state index in [1.165, 1.54) is 18.2 Å². The third-order valence-electron chi connectivity index (χ3n) is 2.80. The summed E-state index contributed by atoms with van der Waals surface area (Å²) in [6.07, 6.45) is 4.34. The monoisotopic (exact) mass is 265 g/mol. The van der Waals surface area contributed by atoms with Crippen LogP contribution in [0.2, 0.25) is 0 Å². The van der Waals surface area contributed by atoms with Gasteiger partial charge in [0.05, 0.1) is 5.69 Å². The molecule has 0 heterocycles. The van der Waals surface area contributed by atoms with Crippen LogP contribution in [0.5, 0.6) is 5.75 Å². The lowest BCUT2D eigenvalue weighted by atomic mass is 10.1. The number of benzene rings is 1. The van der Waals surface area contributed by atoms with Gasteiger partial charge in [0, 0.05) is 6.42 Å². The largest absolute Gasteiger partial charge is 0.505 e. The molecule has 0 atom stereocenters. The number of phenols is 1. The summed E-state index contributed by atoms with van der Waals surface area (Å²) in [6.45, 7) is 2.09. The fourth-order valence-corrected chi connectivity index (χ4v) is 1.74. The molecule has 1 aromatic rings. The molecule has 0 aromatic heterocycles. The molecular weight excluding hydrogens is 246 g/mol. The molecule has 0 saturated carbocycles. The summed E-state index contributed by atoms with van der Waals surface area (Å²) in [6, 6.07) is 4.25. The molecule has 3 N–H and O–H groups in total. The number of carbonyl (C=O) groups excluding carboxylic acids is 1. The summed E-state index contributed by atoms with van der Waals surface area (Å²) in [5.41, 5.74) is -0.0795. The van der Waals surface area contributed by atoms with Crippen LogP contribution in [-0.4, -0.2) is 22.1 Å². The maximum Gasteiger partial charge on any atom is 0.339 e. The molecule has 0 aliphatic carbocycles. The van der Waals surface area contributed by atoms with Gasteiger partial charge in [-0.2, -0.15) is 0 Å². The number of hydrogen-bond acceptors (Lipinski definition) is 3. The van der Waals surface area contributed by atoms with Gasteiger partial charge in [0.15, 0.2) is 5.75 Å². The number of carboxylic acids is 1. The van der Waals surface area contributed by atoms with Crippen molar-refractivity contribution >= 4 is 17.6 Å². The molecule has 0 aliphatic heterocycles. The first kappa shape index (κ1) is 15.0. The topological polar surface area (TPSA) is 86.6 Å². The number of aromatic hydroxyl groups is 1. The predicted octanol–water partition coefficient (Wildman–Crippen LogP) is 3.00. The highest BCUT2D eigenvalue weighted by molar-refractivity contribution is 5.97. The van der Waals surface area contributed by atoms with Crippen LogP contribution in [0.15, 0.2) is 18.2 Å². The van der Waals surface area contributed by atoms with Gasteiger partial charge in [-0.3, -0.25) is 4.79 Å². The molecule has 1 amide bonds. The third kappa shape index (κ3) is 4.62. The van der Waals surface area contributed by atoms with Crippen LogP contribution in [0.3, 0.4) is 0 Å². The van der Waals surface area contributed by atoms with E-state index in [0.29, 0.717) is 6.42 Å². The molecule has 0 saturated heterocycles. The first-order chi connectivity index (χ1) is 9.06. The zero-order valence-corrected chi connectivity index (χ0v) is 11.0. The predicted molar refractivity (Wildman–Crippen MR) is 72.5 cm³/mol. The maximum absolute atomic E-state index is 11.6. The van der Waals surface area contributed by atoms with Crippen LogP contribution in [0, 0.1) is 0 Å². The van der Waals surface area contributed by atoms with Gasteiger partial charge in [-0.15, -0.1) is 0 Å². The van der Waals surface area contributed by atoms with Crippen molar-refractivity contribution in [2.45, 2.75) is 39.0 Å². The molecule has 5 nitrogen and oxygen atoms in total. The zero-order valence-electron chi connectivity index (χ0n) is 11.0. The number of amides is 1. The lowest BCUT2D eigenvalue weighted by Crippen LogP contribution is -2.12. The number of unbranched alkanes of at least 4 members (excludes halogenated alkanes) is 3. The van der Waals surface area contributed by atoms with Crippen molar-refractivity contribution in [3.63, 3.8) is 0 Å². The molecule has 104 valence electrons. The van der Waals surface area contributed by atoms with Crippen molar-refractivity contribution in [2.24, 2.45) is 0 Å².